The minimum absolute atomic E-state index is 0.281. The zero-order valence-electron chi connectivity index (χ0n) is 14.8. The Kier molecular flexibility index (Phi) is 4.29. The standard InChI is InChI=1S/C19H25N5O/c1-16-4-6-17(7-5-16)24-11-3-9-19(18(24)25)8-2-10-23(19)13-12-22-14-20-21-15-22/h4-7,14-15H,2-3,8-13H2,1H3. The van der Waals surface area contributed by atoms with Crippen molar-refractivity contribution < 1.29 is 4.79 Å². The Labute approximate surface area is 148 Å². The van der Waals surface area contributed by atoms with Crippen LogP contribution in [0.2, 0.25) is 0 Å². The Morgan fingerprint density at radius 3 is 2.40 bits per heavy atom. The molecule has 0 saturated carbocycles. The number of aromatic nitrogens is 3. The van der Waals surface area contributed by atoms with Crippen LogP contribution in [0.1, 0.15) is 31.2 Å². The molecule has 0 N–H and O–H groups in total. The van der Waals surface area contributed by atoms with Crippen LogP contribution in [-0.2, 0) is 11.3 Å². The van der Waals surface area contributed by atoms with Gasteiger partial charge in [-0.1, -0.05) is 17.7 Å². The number of nitrogens with zero attached hydrogens (tertiary/aromatic N) is 5. The first-order chi connectivity index (χ1) is 12.2. The fraction of sp³-hybridized carbons (Fsp3) is 0.526. The minimum atomic E-state index is -0.322. The molecule has 6 heteroatoms. The number of hydrogen-bond acceptors (Lipinski definition) is 4. The van der Waals surface area contributed by atoms with Gasteiger partial charge in [-0.15, -0.1) is 10.2 Å². The van der Waals surface area contributed by atoms with Crippen LogP contribution < -0.4 is 4.90 Å². The first kappa shape index (κ1) is 16.3. The van der Waals surface area contributed by atoms with E-state index in [0.717, 1.165) is 57.5 Å². The largest absolute Gasteiger partial charge is 0.319 e. The third-order valence-corrected chi connectivity index (χ3v) is 5.68. The topological polar surface area (TPSA) is 54.3 Å². The van der Waals surface area contributed by atoms with Gasteiger partial charge in [0, 0.05) is 25.3 Å². The van der Waals surface area contributed by atoms with Crippen molar-refractivity contribution >= 4 is 11.6 Å². The van der Waals surface area contributed by atoms with Gasteiger partial charge in [0.1, 0.15) is 18.2 Å². The van der Waals surface area contributed by atoms with Crippen LogP contribution in [0.4, 0.5) is 5.69 Å². The number of benzene rings is 1. The molecular weight excluding hydrogens is 314 g/mol. The van der Waals surface area contributed by atoms with Gasteiger partial charge in [0.05, 0.1) is 0 Å². The molecule has 1 unspecified atom stereocenters. The van der Waals surface area contributed by atoms with Crippen LogP contribution in [0.3, 0.4) is 0 Å². The second-order valence-corrected chi connectivity index (χ2v) is 7.22. The lowest BCUT2D eigenvalue weighted by molar-refractivity contribution is -0.131. The summed E-state index contributed by atoms with van der Waals surface area (Å²) >= 11 is 0. The van der Waals surface area contributed by atoms with Crippen molar-refractivity contribution in [1.29, 1.82) is 0 Å². The molecule has 132 valence electrons. The Hall–Kier alpha value is -2.21. The average Bonchev–Trinajstić information content (AvgIpc) is 3.27. The van der Waals surface area contributed by atoms with Crippen LogP contribution in [0, 0.1) is 6.92 Å². The highest BCUT2D eigenvalue weighted by atomic mass is 16.2. The number of rotatable bonds is 4. The van der Waals surface area contributed by atoms with Crippen molar-refractivity contribution in [3.63, 3.8) is 0 Å². The molecule has 4 rings (SSSR count). The lowest BCUT2D eigenvalue weighted by atomic mass is 9.85. The molecule has 1 aromatic carbocycles. The Morgan fingerprint density at radius 1 is 1.00 bits per heavy atom. The van der Waals surface area contributed by atoms with Crippen molar-refractivity contribution in [2.45, 2.75) is 44.7 Å². The van der Waals surface area contributed by atoms with Crippen molar-refractivity contribution in [2.75, 3.05) is 24.5 Å². The van der Waals surface area contributed by atoms with E-state index in [1.807, 2.05) is 9.47 Å². The quantitative estimate of drug-likeness (QED) is 0.857. The molecule has 2 aliphatic rings. The van der Waals surface area contributed by atoms with Gasteiger partial charge >= 0.3 is 0 Å². The summed E-state index contributed by atoms with van der Waals surface area (Å²) in [6, 6.07) is 8.32. The lowest BCUT2D eigenvalue weighted by Gasteiger charge is -2.44. The van der Waals surface area contributed by atoms with E-state index in [1.165, 1.54) is 5.56 Å². The summed E-state index contributed by atoms with van der Waals surface area (Å²) in [4.78, 5) is 17.9. The molecule has 1 spiro atoms. The fourth-order valence-corrected chi connectivity index (χ4v) is 4.32. The van der Waals surface area contributed by atoms with E-state index in [1.54, 1.807) is 12.7 Å². The van der Waals surface area contributed by atoms with Crippen molar-refractivity contribution in [2.24, 2.45) is 0 Å². The Balaban J connectivity index is 1.54. The van der Waals surface area contributed by atoms with Gasteiger partial charge < -0.3 is 9.47 Å². The van der Waals surface area contributed by atoms with Crippen molar-refractivity contribution in [3.8, 4) is 0 Å². The molecule has 1 aromatic heterocycles. The molecule has 6 nitrogen and oxygen atoms in total. The van der Waals surface area contributed by atoms with Gasteiger partial charge in [-0.25, -0.2) is 0 Å². The Morgan fingerprint density at radius 2 is 1.68 bits per heavy atom. The summed E-state index contributed by atoms with van der Waals surface area (Å²) < 4.78 is 1.98. The molecule has 2 fully saturated rings. The molecule has 2 saturated heterocycles. The molecular formula is C19H25N5O. The number of likely N-dealkylation sites (tertiary alicyclic amines) is 1. The molecule has 1 amide bonds. The first-order valence-corrected chi connectivity index (χ1v) is 9.15. The number of hydrogen-bond donors (Lipinski definition) is 0. The molecule has 2 aromatic rings. The zero-order valence-corrected chi connectivity index (χ0v) is 14.8. The summed E-state index contributed by atoms with van der Waals surface area (Å²) in [7, 11) is 0. The van der Waals surface area contributed by atoms with Gasteiger partial charge in [-0.3, -0.25) is 9.69 Å². The van der Waals surface area contributed by atoms with E-state index in [4.69, 9.17) is 0 Å². The maximum Gasteiger partial charge on any atom is 0.247 e. The normalized spacial score (nSPS) is 24.4. The van der Waals surface area contributed by atoms with Gasteiger partial charge in [-0.05, 0) is 51.3 Å². The molecule has 0 bridgehead atoms. The van der Waals surface area contributed by atoms with Gasteiger partial charge in [0.25, 0.3) is 0 Å². The van der Waals surface area contributed by atoms with E-state index >= 15 is 0 Å². The highest BCUT2D eigenvalue weighted by molar-refractivity contribution is 6.01. The summed E-state index contributed by atoms with van der Waals surface area (Å²) in [6.07, 6.45) is 7.57. The smallest absolute Gasteiger partial charge is 0.247 e. The van der Waals surface area contributed by atoms with Gasteiger partial charge in [0.15, 0.2) is 0 Å². The average molecular weight is 339 g/mol. The fourth-order valence-electron chi connectivity index (χ4n) is 4.32. The van der Waals surface area contributed by atoms with Crippen LogP contribution in [0.15, 0.2) is 36.9 Å². The zero-order chi connectivity index (χ0) is 17.3. The monoisotopic (exact) mass is 339 g/mol. The maximum absolute atomic E-state index is 13.5. The molecule has 1 atom stereocenters. The lowest BCUT2D eigenvalue weighted by Crippen LogP contribution is -2.60. The number of anilines is 1. The number of carbonyl (C=O) groups excluding carboxylic acids is 1. The SMILES string of the molecule is Cc1ccc(N2CCCC3(CCCN3CCn3cnnc3)C2=O)cc1. The molecule has 25 heavy (non-hydrogen) atoms. The molecule has 2 aliphatic heterocycles. The number of amides is 1. The Bertz CT molecular complexity index is 727. The highest BCUT2D eigenvalue weighted by Crippen LogP contribution is 2.39. The summed E-state index contributed by atoms with van der Waals surface area (Å²) in [5, 5.41) is 7.73. The van der Waals surface area contributed by atoms with Gasteiger partial charge in [-0.2, -0.15) is 0 Å². The van der Waals surface area contributed by atoms with Crippen molar-refractivity contribution in [1.82, 2.24) is 19.7 Å². The minimum Gasteiger partial charge on any atom is -0.319 e. The summed E-state index contributed by atoms with van der Waals surface area (Å²) in [6.45, 7) is 5.59. The van der Waals surface area contributed by atoms with E-state index in [-0.39, 0.29) is 11.4 Å². The number of aryl methyl sites for hydroxylation is 1. The van der Waals surface area contributed by atoms with Crippen LogP contribution in [-0.4, -0.2) is 50.7 Å². The van der Waals surface area contributed by atoms with E-state index in [0.29, 0.717) is 0 Å². The third-order valence-electron chi connectivity index (χ3n) is 5.68. The summed E-state index contributed by atoms with van der Waals surface area (Å²) in [5.74, 6) is 0.281. The predicted molar refractivity (Wildman–Crippen MR) is 96.3 cm³/mol. The maximum atomic E-state index is 13.5. The van der Waals surface area contributed by atoms with E-state index < -0.39 is 0 Å². The summed E-state index contributed by atoms with van der Waals surface area (Å²) in [5.41, 5.74) is 1.93. The second kappa shape index (κ2) is 6.59. The molecule has 3 heterocycles. The second-order valence-electron chi connectivity index (χ2n) is 7.22. The van der Waals surface area contributed by atoms with Crippen LogP contribution >= 0.6 is 0 Å². The van der Waals surface area contributed by atoms with Crippen LogP contribution in [0.25, 0.3) is 0 Å². The number of carbonyl (C=O) groups is 1. The molecule has 0 aliphatic carbocycles. The highest BCUT2D eigenvalue weighted by Gasteiger charge is 2.50. The first-order valence-electron chi connectivity index (χ1n) is 9.15. The van der Waals surface area contributed by atoms with Crippen LogP contribution in [0.5, 0.6) is 0 Å². The molecule has 0 radical (unpaired) electrons. The van der Waals surface area contributed by atoms with Crippen molar-refractivity contribution in [3.05, 3.63) is 42.5 Å². The predicted octanol–water partition coefficient (Wildman–Crippen LogP) is 2.25. The van der Waals surface area contributed by atoms with E-state index in [2.05, 4.69) is 46.3 Å². The van der Waals surface area contributed by atoms with E-state index in [9.17, 15) is 4.79 Å². The number of piperidine rings is 1. The van der Waals surface area contributed by atoms with Gasteiger partial charge in [0.2, 0.25) is 5.91 Å². The third kappa shape index (κ3) is 2.95.